The van der Waals surface area contributed by atoms with Crippen molar-refractivity contribution in [3.05, 3.63) is 47.8 Å². The lowest BCUT2D eigenvalue weighted by atomic mass is 9.91. The summed E-state index contributed by atoms with van der Waals surface area (Å²) in [5.74, 6) is -0.228. The summed E-state index contributed by atoms with van der Waals surface area (Å²) in [6.07, 6.45) is 9.50. The SMILES string of the molecule is CN(C)/C=C1/CCCCC/C(=C\N(C)C)C1=NNC(=O)Cn1nnc2ccccc21. The fourth-order valence-electron chi connectivity index (χ4n) is 3.59. The zero-order chi connectivity index (χ0) is 21.5. The molecule has 0 radical (unpaired) electrons. The summed E-state index contributed by atoms with van der Waals surface area (Å²) in [4.78, 5) is 16.7. The number of benzene rings is 1. The van der Waals surface area contributed by atoms with Crippen LogP contribution in [0.2, 0.25) is 0 Å². The third-order valence-electron chi connectivity index (χ3n) is 4.83. The Kier molecular flexibility index (Phi) is 7.21. The maximum Gasteiger partial charge on any atom is 0.261 e. The van der Waals surface area contributed by atoms with Crippen molar-refractivity contribution >= 4 is 22.7 Å². The highest BCUT2D eigenvalue weighted by molar-refractivity contribution is 6.12. The molecule has 0 saturated heterocycles. The van der Waals surface area contributed by atoms with Crippen LogP contribution in [-0.2, 0) is 11.3 Å². The lowest BCUT2D eigenvalue weighted by Crippen LogP contribution is -2.27. The van der Waals surface area contributed by atoms with E-state index in [1.807, 2.05) is 62.3 Å². The maximum atomic E-state index is 12.6. The number of amides is 1. The van der Waals surface area contributed by atoms with Crippen LogP contribution >= 0.6 is 0 Å². The van der Waals surface area contributed by atoms with Crippen LogP contribution in [0.15, 0.2) is 52.9 Å². The molecule has 1 aliphatic rings. The van der Waals surface area contributed by atoms with Gasteiger partial charge < -0.3 is 9.80 Å². The first-order chi connectivity index (χ1) is 14.4. The van der Waals surface area contributed by atoms with E-state index < -0.39 is 0 Å². The number of carbonyl (C=O) groups is 1. The topological polar surface area (TPSA) is 78.6 Å². The Morgan fingerprint density at radius 2 is 1.70 bits per heavy atom. The molecule has 2 aromatic rings. The van der Waals surface area contributed by atoms with Crippen molar-refractivity contribution in [2.24, 2.45) is 5.10 Å². The highest BCUT2D eigenvalue weighted by Gasteiger charge is 2.18. The summed E-state index contributed by atoms with van der Waals surface area (Å²) in [5.41, 5.74) is 7.48. The van der Waals surface area contributed by atoms with Gasteiger partial charge in [0, 0.05) is 40.6 Å². The summed E-state index contributed by atoms with van der Waals surface area (Å²) in [6, 6.07) is 7.59. The van der Waals surface area contributed by atoms with E-state index in [0.717, 1.165) is 53.6 Å². The lowest BCUT2D eigenvalue weighted by molar-refractivity contribution is -0.121. The van der Waals surface area contributed by atoms with E-state index in [-0.39, 0.29) is 12.5 Å². The molecule has 0 atom stereocenters. The Morgan fingerprint density at radius 1 is 1.07 bits per heavy atom. The standard InChI is InChI=1S/C22H31N7O/c1-27(2)14-17-10-6-5-7-11-18(15-28(3)4)22(17)25-24-21(30)16-29-20-13-9-8-12-19(20)23-26-29/h8-9,12-15H,5-7,10-11,16H2,1-4H3,(H,24,30)/b17-14-,18-15+,25-22?. The number of carbonyl (C=O) groups excluding carboxylic acids is 1. The molecule has 1 saturated carbocycles. The number of aromatic nitrogens is 3. The molecule has 0 bridgehead atoms. The molecule has 0 aliphatic heterocycles. The van der Waals surface area contributed by atoms with Crippen LogP contribution in [0.5, 0.6) is 0 Å². The first-order valence-corrected chi connectivity index (χ1v) is 10.3. The maximum absolute atomic E-state index is 12.6. The Balaban J connectivity index is 1.85. The summed E-state index contributed by atoms with van der Waals surface area (Å²) >= 11 is 0. The van der Waals surface area contributed by atoms with Crippen molar-refractivity contribution < 1.29 is 4.79 Å². The average Bonchev–Trinajstić information content (AvgIpc) is 3.08. The molecule has 1 aliphatic carbocycles. The molecule has 1 aromatic carbocycles. The number of hydrogen-bond acceptors (Lipinski definition) is 6. The number of rotatable bonds is 5. The van der Waals surface area contributed by atoms with Crippen LogP contribution in [0.1, 0.15) is 32.1 Å². The Bertz CT molecular complexity index is 939. The number of nitrogens with zero attached hydrogens (tertiary/aromatic N) is 6. The van der Waals surface area contributed by atoms with Gasteiger partial charge in [-0.2, -0.15) is 5.10 Å². The average molecular weight is 410 g/mol. The zero-order valence-electron chi connectivity index (χ0n) is 18.3. The van der Waals surface area contributed by atoms with Crippen molar-refractivity contribution in [3.63, 3.8) is 0 Å². The van der Waals surface area contributed by atoms with Crippen LogP contribution < -0.4 is 5.43 Å². The van der Waals surface area contributed by atoms with Crippen molar-refractivity contribution in [3.8, 4) is 0 Å². The smallest absolute Gasteiger partial charge is 0.261 e. The molecular formula is C22H31N7O. The molecule has 0 unspecified atom stereocenters. The molecule has 1 N–H and O–H groups in total. The number of nitrogens with one attached hydrogen (secondary N) is 1. The summed E-state index contributed by atoms with van der Waals surface area (Å²) < 4.78 is 1.59. The van der Waals surface area contributed by atoms with E-state index in [0.29, 0.717) is 0 Å². The third-order valence-corrected chi connectivity index (χ3v) is 4.83. The fraction of sp³-hybridized carbons (Fsp3) is 0.455. The van der Waals surface area contributed by atoms with E-state index in [9.17, 15) is 4.79 Å². The van der Waals surface area contributed by atoms with E-state index >= 15 is 0 Å². The lowest BCUT2D eigenvalue weighted by Gasteiger charge is -2.21. The van der Waals surface area contributed by atoms with E-state index in [4.69, 9.17) is 0 Å². The molecule has 0 spiro atoms. The number of allylic oxidation sites excluding steroid dienone is 2. The minimum atomic E-state index is -0.228. The molecule has 3 rings (SSSR count). The first kappa shape index (κ1) is 21.5. The monoisotopic (exact) mass is 409 g/mol. The van der Waals surface area contributed by atoms with Gasteiger partial charge in [-0.05, 0) is 49.0 Å². The van der Waals surface area contributed by atoms with Gasteiger partial charge in [-0.15, -0.1) is 5.10 Å². The van der Waals surface area contributed by atoms with Gasteiger partial charge >= 0.3 is 0 Å². The van der Waals surface area contributed by atoms with Crippen molar-refractivity contribution in [1.29, 1.82) is 0 Å². The Morgan fingerprint density at radius 3 is 2.33 bits per heavy atom. The normalized spacial score (nSPS) is 19.1. The van der Waals surface area contributed by atoms with Gasteiger partial charge in [0.05, 0.1) is 11.2 Å². The van der Waals surface area contributed by atoms with Gasteiger partial charge in [0.2, 0.25) is 0 Å². The molecule has 8 heteroatoms. The predicted molar refractivity (Wildman–Crippen MR) is 120 cm³/mol. The van der Waals surface area contributed by atoms with Gasteiger partial charge in [0.1, 0.15) is 12.1 Å². The summed E-state index contributed by atoms with van der Waals surface area (Å²) in [6.45, 7) is 0.0662. The van der Waals surface area contributed by atoms with Gasteiger partial charge in [-0.25, -0.2) is 10.1 Å². The molecule has 30 heavy (non-hydrogen) atoms. The van der Waals surface area contributed by atoms with Crippen LogP contribution in [0.3, 0.4) is 0 Å². The predicted octanol–water partition coefficient (Wildman–Crippen LogP) is 2.76. The molecule has 1 aromatic heterocycles. The van der Waals surface area contributed by atoms with Crippen molar-refractivity contribution in [2.45, 2.75) is 38.6 Å². The van der Waals surface area contributed by atoms with Crippen LogP contribution in [0.25, 0.3) is 11.0 Å². The Hall–Kier alpha value is -3.16. The highest BCUT2D eigenvalue weighted by Crippen LogP contribution is 2.24. The summed E-state index contributed by atoms with van der Waals surface area (Å²) in [5, 5.41) is 12.8. The minimum Gasteiger partial charge on any atom is -0.383 e. The number of para-hydroxylation sites is 1. The quantitative estimate of drug-likeness (QED) is 0.769. The molecule has 160 valence electrons. The molecule has 1 amide bonds. The van der Waals surface area contributed by atoms with Crippen molar-refractivity contribution in [1.82, 2.24) is 30.2 Å². The fourth-order valence-corrected chi connectivity index (χ4v) is 3.59. The summed E-state index contributed by atoms with van der Waals surface area (Å²) in [7, 11) is 8.03. The number of hydrazone groups is 1. The van der Waals surface area contributed by atoms with Crippen molar-refractivity contribution in [2.75, 3.05) is 28.2 Å². The third kappa shape index (κ3) is 5.68. The van der Waals surface area contributed by atoms with Gasteiger partial charge in [0.15, 0.2) is 0 Å². The van der Waals surface area contributed by atoms with E-state index in [1.165, 1.54) is 6.42 Å². The van der Waals surface area contributed by atoms with Crippen LogP contribution in [-0.4, -0.2) is 64.6 Å². The number of hydrogen-bond donors (Lipinski definition) is 1. The van der Waals surface area contributed by atoms with Gasteiger partial charge in [0.25, 0.3) is 5.91 Å². The second-order valence-electron chi connectivity index (χ2n) is 8.03. The minimum absolute atomic E-state index is 0.0662. The van der Waals surface area contributed by atoms with Crippen LogP contribution in [0, 0.1) is 0 Å². The van der Waals surface area contributed by atoms with Crippen LogP contribution in [0.4, 0.5) is 0 Å². The molecule has 1 fully saturated rings. The highest BCUT2D eigenvalue weighted by atomic mass is 16.2. The molecular weight excluding hydrogens is 378 g/mol. The van der Waals surface area contributed by atoms with E-state index in [1.54, 1.807) is 4.68 Å². The van der Waals surface area contributed by atoms with Gasteiger partial charge in [-0.1, -0.05) is 23.8 Å². The number of fused-ring (bicyclic) bond motifs is 1. The second-order valence-corrected chi connectivity index (χ2v) is 8.03. The first-order valence-electron chi connectivity index (χ1n) is 10.3. The largest absolute Gasteiger partial charge is 0.383 e. The van der Waals surface area contributed by atoms with Gasteiger partial charge in [-0.3, -0.25) is 4.79 Å². The molecule has 1 heterocycles. The Labute approximate surface area is 177 Å². The second kappa shape index (κ2) is 10.0. The van der Waals surface area contributed by atoms with E-state index in [2.05, 4.69) is 33.2 Å². The zero-order valence-corrected chi connectivity index (χ0v) is 18.3. The molecule has 8 nitrogen and oxygen atoms in total.